The molecule has 2 atom stereocenters. The van der Waals surface area contributed by atoms with Gasteiger partial charge in [0.1, 0.15) is 17.7 Å². The zero-order chi connectivity index (χ0) is 39.2. The van der Waals surface area contributed by atoms with Crippen molar-refractivity contribution in [2.75, 3.05) is 26.2 Å². The maximum absolute atomic E-state index is 13.7. The number of nitrogens with zero attached hydrogens (tertiary/aromatic N) is 2. The number of ether oxygens (including phenoxy) is 1. The molecule has 3 aromatic rings. The van der Waals surface area contributed by atoms with Crippen molar-refractivity contribution in [3.05, 3.63) is 107 Å². The first-order valence-electron chi connectivity index (χ1n) is 19.8. The molecule has 3 aromatic carbocycles. The Kier molecular flexibility index (Phi) is 14.9. The topological polar surface area (TPSA) is 137 Å². The van der Waals surface area contributed by atoms with Crippen molar-refractivity contribution in [3.8, 4) is 0 Å². The molecule has 0 spiro atoms. The summed E-state index contributed by atoms with van der Waals surface area (Å²) in [4.78, 5) is 70.0. The van der Waals surface area contributed by atoms with Crippen LogP contribution in [0.2, 0.25) is 0 Å². The lowest BCUT2D eigenvalue weighted by Gasteiger charge is -2.36. The summed E-state index contributed by atoms with van der Waals surface area (Å²) in [5.41, 5.74) is 3.42. The smallest absolute Gasteiger partial charge is 0.408 e. The Labute approximate surface area is 325 Å². The lowest BCUT2D eigenvalue weighted by molar-refractivity contribution is -0.143. The molecule has 11 heteroatoms. The van der Waals surface area contributed by atoms with Crippen molar-refractivity contribution < 1.29 is 28.7 Å². The zero-order valence-electron chi connectivity index (χ0n) is 32.6. The average Bonchev–Trinajstić information content (AvgIpc) is 3.19. The van der Waals surface area contributed by atoms with E-state index < -0.39 is 23.8 Å². The summed E-state index contributed by atoms with van der Waals surface area (Å²) >= 11 is 0. The molecular formula is C44H57N5O6. The van der Waals surface area contributed by atoms with E-state index in [-0.39, 0.29) is 42.4 Å². The Hall–Kier alpha value is -5.19. The van der Waals surface area contributed by atoms with Crippen molar-refractivity contribution in [1.29, 1.82) is 0 Å². The van der Waals surface area contributed by atoms with Crippen LogP contribution in [0.25, 0.3) is 0 Å². The van der Waals surface area contributed by atoms with E-state index in [1.807, 2.05) is 89.8 Å². The number of rotatable bonds is 15. The quantitative estimate of drug-likeness (QED) is 0.167. The van der Waals surface area contributed by atoms with E-state index in [1.165, 1.54) is 0 Å². The van der Waals surface area contributed by atoms with Gasteiger partial charge < -0.3 is 30.5 Å². The molecule has 0 unspecified atom stereocenters. The van der Waals surface area contributed by atoms with Crippen LogP contribution in [0.15, 0.2) is 84.9 Å². The maximum atomic E-state index is 13.7. The van der Waals surface area contributed by atoms with E-state index in [0.29, 0.717) is 45.3 Å². The third-order valence-electron chi connectivity index (χ3n) is 10.2. The van der Waals surface area contributed by atoms with Gasteiger partial charge in [0.05, 0.1) is 0 Å². The Morgan fingerprint density at radius 3 is 1.98 bits per heavy atom. The van der Waals surface area contributed by atoms with E-state index in [9.17, 15) is 24.0 Å². The molecule has 11 nitrogen and oxygen atoms in total. The number of alkyl carbamates (subject to hydrolysis) is 1. The summed E-state index contributed by atoms with van der Waals surface area (Å²) in [6.45, 7) is 7.75. The average molecular weight is 752 g/mol. The van der Waals surface area contributed by atoms with Crippen molar-refractivity contribution in [2.24, 2.45) is 0 Å². The first-order chi connectivity index (χ1) is 26.5. The van der Waals surface area contributed by atoms with Crippen molar-refractivity contribution in [3.63, 3.8) is 0 Å². The van der Waals surface area contributed by atoms with Crippen LogP contribution in [0, 0.1) is 0 Å². The first kappa shape index (κ1) is 41.0. The molecule has 0 radical (unpaired) electrons. The standard InChI is InChI=1S/C44H57N5O6/c1-44(2,3)55-43(54)47-37(41(52)46-30-36(32-17-7-4-8-18-32)33-19-9-5-10-20-33)23-13-14-26-45-42(53)38-29-34-21-11-12-22-35(34)31-49(38)40(51)25-24-39(50)48-27-15-6-16-28-48/h4-5,7-12,17-22,36-38H,6,13-16,23-31H2,1-3H3,(H,45,53)(H,46,52)(H,47,54)/t37-,38-/m0/s1. The second-order valence-electron chi connectivity index (χ2n) is 15.6. The van der Waals surface area contributed by atoms with Gasteiger partial charge in [-0.25, -0.2) is 4.79 Å². The van der Waals surface area contributed by atoms with Gasteiger partial charge in [0.25, 0.3) is 0 Å². The maximum Gasteiger partial charge on any atom is 0.408 e. The van der Waals surface area contributed by atoms with Crippen LogP contribution in [-0.4, -0.2) is 83.4 Å². The fourth-order valence-electron chi connectivity index (χ4n) is 7.32. The number of nitrogens with one attached hydrogen (secondary N) is 3. The normalized spacial score (nSPS) is 16.1. The van der Waals surface area contributed by atoms with Gasteiger partial charge in [-0.1, -0.05) is 84.9 Å². The molecule has 2 aliphatic heterocycles. The third kappa shape index (κ3) is 12.4. The molecule has 1 saturated heterocycles. The van der Waals surface area contributed by atoms with Crippen LogP contribution in [0.5, 0.6) is 0 Å². The van der Waals surface area contributed by atoms with Gasteiger partial charge in [0.15, 0.2) is 0 Å². The second kappa shape index (κ2) is 19.9. The Bertz CT molecular complexity index is 1700. The highest BCUT2D eigenvalue weighted by Gasteiger charge is 2.35. The van der Waals surface area contributed by atoms with Gasteiger partial charge in [0, 0.05) is 57.9 Å². The predicted octanol–water partition coefficient (Wildman–Crippen LogP) is 5.86. The molecule has 5 amide bonds. The van der Waals surface area contributed by atoms with Crippen molar-refractivity contribution >= 4 is 29.7 Å². The fraction of sp³-hybridized carbons (Fsp3) is 0.477. The summed E-state index contributed by atoms with van der Waals surface area (Å²) in [6, 6.07) is 26.2. The van der Waals surface area contributed by atoms with E-state index in [0.717, 1.165) is 54.6 Å². The minimum absolute atomic E-state index is 0.00758. The number of amides is 5. The summed E-state index contributed by atoms with van der Waals surface area (Å²) in [7, 11) is 0. The lowest BCUT2D eigenvalue weighted by Crippen LogP contribution is -2.53. The van der Waals surface area contributed by atoms with E-state index >= 15 is 0 Å². The first-order valence-corrected chi connectivity index (χ1v) is 19.8. The monoisotopic (exact) mass is 751 g/mol. The summed E-state index contributed by atoms with van der Waals surface area (Å²) < 4.78 is 5.48. The molecule has 55 heavy (non-hydrogen) atoms. The number of unbranched alkanes of at least 4 members (excludes halogenated alkanes) is 1. The largest absolute Gasteiger partial charge is 0.444 e. The van der Waals surface area contributed by atoms with Crippen LogP contribution in [0.1, 0.15) is 100 Å². The van der Waals surface area contributed by atoms with Crippen molar-refractivity contribution in [2.45, 2.75) is 109 Å². The van der Waals surface area contributed by atoms with Crippen molar-refractivity contribution in [1.82, 2.24) is 25.8 Å². The highest BCUT2D eigenvalue weighted by Crippen LogP contribution is 2.26. The number of carbonyl (C=O) groups is 5. The number of hydrogen-bond acceptors (Lipinski definition) is 6. The molecule has 1 fully saturated rings. The van der Waals surface area contributed by atoms with E-state index in [4.69, 9.17) is 4.74 Å². The molecule has 0 aliphatic carbocycles. The number of fused-ring (bicyclic) bond motifs is 1. The highest BCUT2D eigenvalue weighted by molar-refractivity contribution is 5.90. The molecular weight excluding hydrogens is 695 g/mol. The Morgan fingerprint density at radius 1 is 0.745 bits per heavy atom. The molecule has 0 saturated carbocycles. The predicted molar refractivity (Wildman–Crippen MR) is 212 cm³/mol. The summed E-state index contributed by atoms with van der Waals surface area (Å²) in [5.74, 6) is -0.868. The molecule has 5 rings (SSSR count). The van der Waals surface area contributed by atoms with Gasteiger partial charge >= 0.3 is 6.09 Å². The lowest BCUT2D eigenvalue weighted by atomic mass is 9.91. The summed E-state index contributed by atoms with van der Waals surface area (Å²) in [6.07, 6.45) is 4.42. The molecule has 0 bridgehead atoms. The number of benzene rings is 3. The van der Waals surface area contributed by atoms with Crippen LogP contribution in [0.4, 0.5) is 4.79 Å². The fourth-order valence-corrected chi connectivity index (χ4v) is 7.32. The van der Waals surface area contributed by atoms with Gasteiger partial charge in [-0.3, -0.25) is 19.2 Å². The van der Waals surface area contributed by atoms with E-state index in [2.05, 4.69) is 16.0 Å². The van der Waals surface area contributed by atoms with Gasteiger partial charge in [-0.15, -0.1) is 0 Å². The molecule has 294 valence electrons. The SMILES string of the molecule is CC(C)(C)OC(=O)N[C@@H](CCCCNC(=O)[C@@H]1Cc2ccccc2CN1C(=O)CCC(=O)N1CCCCC1)C(=O)NCC(c1ccccc1)c1ccccc1. The minimum Gasteiger partial charge on any atom is -0.444 e. The number of hydrogen-bond donors (Lipinski definition) is 3. The number of likely N-dealkylation sites (tertiary alicyclic amines) is 1. The van der Waals surface area contributed by atoms with Gasteiger partial charge in [-0.05, 0) is 81.5 Å². The molecule has 0 aromatic heterocycles. The van der Waals surface area contributed by atoms with Crippen LogP contribution >= 0.6 is 0 Å². The minimum atomic E-state index is -0.853. The van der Waals surface area contributed by atoms with Crippen LogP contribution < -0.4 is 16.0 Å². The second-order valence-corrected chi connectivity index (χ2v) is 15.6. The number of carbonyl (C=O) groups excluding carboxylic acids is 5. The van der Waals surface area contributed by atoms with Crippen LogP contribution in [-0.2, 0) is 36.9 Å². The number of piperidine rings is 1. The third-order valence-corrected chi connectivity index (χ3v) is 10.2. The highest BCUT2D eigenvalue weighted by atomic mass is 16.6. The Morgan fingerprint density at radius 2 is 1.35 bits per heavy atom. The Balaban J connectivity index is 1.17. The van der Waals surface area contributed by atoms with Gasteiger partial charge in [-0.2, -0.15) is 0 Å². The van der Waals surface area contributed by atoms with Crippen LogP contribution in [0.3, 0.4) is 0 Å². The zero-order valence-corrected chi connectivity index (χ0v) is 32.6. The molecule has 3 N–H and O–H groups in total. The molecule has 2 aliphatic rings. The summed E-state index contributed by atoms with van der Waals surface area (Å²) in [5, 5.41) is 8.85. The van der Waals surface area contributed by atoms with Gasteiger partial charge in [0.2, 0.25) is 23.6 Å². The molecule has 2 heterocycles. The van der Waals surface area contributed by atoms with E-state index in [1.54, 1.807) is 25.7 Å².